The summed E-state index contributed by atoms with van der Waals surface area (Å²) in [6.45, 7) is 2.22. The van der Waals surface area contributed by atoms with Gasteiger partial charge >= 0.3 is 0 Å². The molecule has 0 N–H and O–H groups in total. The first kappa shape index (κ1) is 11.9. The maximum absolute atomic E-state index is 10.4. The minimum absolute atomic E-state index is 0.0800. The van der Waals surface area contributed by atoms with Gasteiger partial charge in [0.2, 0.25) is 0 Å². The van der Waals surface area contributed by atoms with Gasteiger partial charge in [0.15, 0.2) is 0 Å². The lowest BCUT2D eigenvalue weighted by atomic mass is 10.1. The van der Waals surface area contributed by atoms with Crippen LogP contribution in [0.25, 0.3) is 0 Å². The van der Waals surface area contributed by atoms with Crippen LogP contribution in [0, 0.1) is 0 Å². The molecule has 0 radical (unpaired) electrons. The zero-order valence-corrected chi connectivity index (χ0v) is 8.79. The average Bonchev–Trinajstić information content (AvgIpc) is 2.02. The predicted molar refractivity (Wildman–Crippen MR) is 55.0 cm³/mol. The van der Waals surface area contributed by atoms with Gasteiger partial charge in [-0.2, -0.15) is 0 Å². The maximum atomic E-state index is 10.4. The van der Waals surface area contributed by atoms with Crippen molar-refractivity contribution >= 4 is 17.7 Å². The van der Waals surface area contributed by atoms with Crippen molar-refractivity contribution in [1.82, 2.24) is 0 Å². The molecule has 0 saturated carbocycles. The molecule has 0 aliphatic rings. The Labute approximate surface area is 81.3 Å². The Bertz CT molecular complexity index is 112. The maximum Gasteiger partial charge on any atom is 0.0119 e. The monoisotopic (exact) mass is 187 g/mol. The minimum atomic E-state index is -0.0800. The summed E-state index contributed by atoms with van der Waals surface area (Å²) in [5, 5.41) is -0.0800. The van der Waals surface area contributed by atoms with E-state index in [1.165, 1.54) is 38.5 Å². The highest BCUT2D eigenvalue weighted by Gasteiger charge is 1.90. The van der Waals surface area contributed by atoms with Crippen LogP contribution in [0.5, 0.6) is 0 Å². The molecule has 0 aromatic rings. The van der Waals surface area contributed by atoms with Crippen LogP contribution in [0.1, 0.15) is 58.3 Å². The fraction of sp³-hybridized carbons (Fsp3) is 0.900. The first-order valence-corrected chi connectivity index (χ1v) is 5.38. The molecule has 0 rings (SSSR count). The number of carbonyl (C=O) groups is 1. The first-order valence-electron chi connectivity index (χ1n) is 4.97. The zero-order valence-electron chi connectivity index (χ0n) is 7.97. The molecule has 0 unspecified atom stereocenters. The summed E-state index contributed by atoms with van der Waals surface area (Å²) in [6.07, 6.45) is 9.34. The Kier molecular flexibility index (Phi) is 8.90. The third kappa shape index (κ3) is 9.89. The predicted octanol–water partition coefficient (Wildman–Crippen LogP) is 3.20. The molecule has 0 spiro atoms. The molecular weight excluding hydrogens is 168 g/mol. The van der Waals surface area contributed by atoms with Gasteiger partial charge in [-0.15, -0.1) is 0 Å². The van der Waals surface area contributed by atoms with E-state index < -0.39 is 0 Å². The zero-order chi connectivity index (χ0) is 9.23. The summed E-state index contributed by atoms with van der Waals surface area (Å²) >= 11 is 4.46. The number of carbonyl (C=O) groups excluding carboxylic acids is 1. The fourth-order valence-electron chi connectivity index (χ4n) is 1.23. The van der Waals surface area contributed by atoms with Crippen LogP contribution in [0.2, 0.25) is 0 Å². The molecule has 1 nitrogen and oxygen atoms in total. The number of unbranched alkanes of at least 4 members (excludes halogenated alkanes) is 6. The lowest BCUT2D eigenvalue weighted by Crippen LogP contribution is -1.90. The topological polar surface area (TPSA) is 17.1 Å². The highest BCUT2D eigenvalue weighted by Crippen LogP contribution is 2.08. The Balaban J connectivity index is 2.86. The van der Waals surface area contributed by atoms with Crippen molar-refractivity contribution in [1.29, 1.82) is 0 Å². The van der Waals surface area contributed by atoms with E-state index in [-0.39, 0.29) is 5.12 Å². The summed E-state index contributed by atoms with van der Waals surface area (Å²) < 4.78 is 0. The van der Waals surface area contributed by atoms with E-state index >= 15 is 0 Å². The SMILES string of the molecule is CCCCCCCCCC(=O)[S-]. The second kappa shape index (κ2) is 8.98. The van der Waals surface area contributed by atoms with E-state index in [1.54, 1.807) is 0 Å². The summed E-state index contributed by atoms with van der Waals surface area (Å²) in [5.74, 6) is 0. The number of hydrogen-bond acceptors (Lipinski definition) is 2. The highest BCUT2D eigenvalue weighted by atomic mass is 32.1. The molecule has 0 aromatic heterocycles. The van der Waals surface area contributed by atoms with Crippen molar-refractivity contribution in [3.8, 4) is 0 Å². The van der Waals surface area contributed by atoms with Crippen molar-refractivity contribution in [2.45, 2.75) is 58.3 Å². The molecule has 0 fully saturated rings. The van der Waals surface area contributed by atoms with Gasteiger partial charge in [-0.25, -0.2) is 0 Å². The van der Waals surface area contributed by atoms with E-state index in [2.05, 4.69) is 19.6 Å². The van der Waals surface area contributed by atoms with Crippen LogP contribution in [-0.4, -0.2) is 5.12 Å². The summed E-state index contributed by atoms with van der Waals surface area (Å²) in [7, 11) is 0. The van der Waals surface area contributed by atoms with E-state index in [0.717, 1.165) is 6.42 Å². The molecule has 0 aliphatic heterocycles. The van der Waals surface area contributed by atoms with E-state index in [1.807, 2.05) is 0 Å². The van der Waals surface area contributed by atoms with Gasteiger partial charge in [-0.3, -0.25) is 0 Å². The quantitative estimate of drug-likeness (QED) is 0.429. The molecule has 0 bridgehead atoms. The van der Waals surface area contributed by atoms with Gasteiger partial charge in [0.1, 0.15) is 0 Å². The fourth-order valence-corrected chi connectivity index (χ4v) is 1.37. The van der Waals surface area contributed by atoms with Crippen molar-refractivity contribution in [3.63, 3.8) is 0 Å². The van der Waals surface area contributed by atoms with E-state index in [9.17, 15) is 4.79 Å². The molecule has 0 aromatic carbocycles. The molecular formula is C10H19OS-. The third-order valence-corrected chi connectivity index (χ3v) is 2.19. The van der Waals surface area contributed by atoms with Crippen LogP contribution in [-0.2, 0) is 17.4 Å². The second-order valence-corrected chi connectivity index (χ2v) is 3.70. The number of hydrogen-bond donors (Lipinski definition) is 0. The lowest BCUT2D eigenvalue weighted by Gasteiger charge is -2.02. The molecule has 0 amide bonds. The smallest absolute Gasteiger partial charge is 0.0119 e. The molecule has 72 valence electrons. The molecule has 0 aliphatic carbocycles. The van der Waals surface area contributed by atoms with Crippen molar-refractivity contribution in [3.05, 3.63) is 0 Å². The second-order valence-electron chi connectivity index (χ2n) is 3.24. The number of rotatable bonds is 8. The van der Waals surface area contributed by atoms with Crippen molar-refractivity contribution < 1.29 is 4.79 Å². The van der Waals surface area contributed by atoms with E-state index in [4.69, 9.17) is 0 Å². The van der Waals surface area contributed by atoms with Gasteiger partial charge in [0, 0.05) is 5.12 Å². The third-order valence-electron chi connectivity index (χ3n) is 1.98. The molecule has 0 saturated heterocycles. The largest absolute Gasteiger partial charge is 0.742 e. The van der Waals surface area contributed by atoms with Crippen LogP contribution >= 0.6 is 0 Å². The van der Waals surface area contributed by atoms with Crippen LogP contribution in [0.4, 0.5) is 0 Å². The average molecular weight is 187 g/mol. The lowest BCUT2D eigenvalue weighted by molar-refractivity contribution is -0.111. The minimum Gasteiger partial charge on any atom is -0.742 e. The Morgan fingerprint density at radius 1 is 1.00 bits per heavy atom. The first-order chi connectivity index (χ1) is 5.77. The molecule has 2 heteroatoms. The molecule has 0 atom stereocenters. The highest BCUT2D eigenvalue weighted by molar-refractivity contribution is 7.77. The molecule has 12 heavy (non-hydrogen) atoms. The van der Waals surface area contributed by atoms with E-state index in [0.29, 0.717) is 6.42 Å². The van der Waals surface area contributed by atoms with Gasteiger partial charge in [0.05, 0.1) is 0 Å². The van der Waals surface area contributed by atoms with Crippen LogP contribution in [0.3, 0.4) is 0 Å². The Morgan fingerprint density at radius 3 is 2.00 bits per heavy atom. The van der Waals surface area contributed by atoms with Gasteiger partial charge < -0.3 is 17.4 Å². The molecule has 0 heterocycles. The summed E-state index contributed by atoms with van der Waals surface area (Å²) in [4.78, 5) is 10.4. The van der Waals surface area contributed by atoms with Gasteiger partial charge in [-0.05, 0) is 12.8 Å². The Morgan fingerprint density at radius 2 is 1.50 bits per heavy atom. The normalized spacial score (nSPS) is 10.1. The Hall–Kier alpha value is -0.110. The van der Waals surface area contributed by atoms with Crippen molar-refractivity contribution in [2.75, 3.05) is 0 Å². The standard InChI is InChI=1S/C10H20OS/c1-2-3-4-5-6-7-8-9-10(11)12/h2-9H2,1H3,(H,11,12)/p-1. The summed E-state index contributed by atoms with van der Waals surface area (Å²) in [5.41, 5.74) is 0. The summed E-state index contributed by atoms with van der Waals surface area (Å²) in [6, 6.07) is 0. The van der Waals surface area contributed by atoms with Gasteiger partial charge in [-0.1, -0.05) is 45.4 Å². The van der Waals surface area contributed by atoms with Crippen LogP contribution in [0.15, 0.2) is 0 Å². The van der Waals surface area contributed by atoms with Crippen molar-refractivity contribution in [2.24, 2.45) is 0 Å². The van der Waals surface area contributed by atoms with Crippen LogP contribution < -0.4 is 0 Å². The van der Waals surface area contributed by atoms with Gasteiger partial charge in [0.25, 0.3) is 0 Å².